The van der Waals surface area contributed by atoms with Gasteiger partial charge >= 0.3 is 0 Å². The van der Waals surface area contributed by atoms with E-state index in [9.17, 15) is 0 Å². The summed E-state index contributed by atoms with van der Waals surface area (Å²) in [4.78, 5) is 0. The monoisotopic (exact) mass is 302 g/mol. The lowest BCUT2D eigenvalue weighted by Crippen LogP contribution is -2.16. The highest BCUT2D eigenvalue weighted by Gasteiger charge is 2.20. The summed E-state index contributed by atoms with van der Waals surface area (Å²) in [5, 5.41) is 0. The molecule has 134 valence electrons. The highest BCUT2D eigenvalue weighted by atomic mass is 14.3. The van der Waals surface area contributed by atoms with Crippen molar-refractivity contribution in [3.63, 3.8) is 0 Å². The Morgan fingerprint density at radius 1 is 0.381 bits per heavy atom. The van der Waals surface area contributed by atoms with Gasteiger partial charge in [0, 0.05) is 0 Å². The van der Waals surface area contributed by atoms with E-state index >= 15 is 0 Å². The van der Waals surface area contributed by atoms with Crippen molar-refractivity contribution in [2.24, 2.45) is 21.7 Å². The van der Waals surface area contributed by atoms with Gasteiger partial charge in [-0.3, -0.25) is 0 Å². The summed E-state index contributed by atoms with van der Waals surface area (Å²) in [6.07, 6.45) is 3.95. The molecular weight excluding hydrogens is 252 g/mol. The Kier molecular flexibility index (Phi) is 13.7. The molecule has 0 aliphatic heterocycles. The molecule has 0 heterocycles. The maximum Gasteiger partial charge on any atom is -0.0378 e. The second kappa shape index (κ2) is 9.90. The lowest BCUT2D eigenvalue weighted by Gasteiger charge is -2.28. The van der Waals surface area contributed by atoms with Crippen LogP contribution >= 0.6 is 0 Å². The molecule has 21 heavy (non-hydrogen) atoms. The molecule has 0 atom stereocenters. The highest BCUT2D eigenvalue weighted by molar-refractivity contribution is 4.71. The Balaban J connectivity index is -0.000000126. The first-order valence-electron chi connectivity index (χ1n) is 7.91. The maximum absolute atomic E-state index is 2.30. The van der Waals surface area contributed by atoms with Crippen molar-refractivity contribution in [1.29, 1.82) is 0 Å². The number of hydrogen-bond donors (Lipinski definition) is 0. The number of rotatable bonds is 1. The van der Waals surface area contributed by atoms with Crippen molar-refractivity contribution < 1.29 is 0 Å². The predicted molar refractivity (Wildman–Crippen MR) is 105 cm³/mol. The highest BCUT2D eigenvalue weighted by Crippen LogP contribution is 2.32. The van der Waals surface area contributed by atoms with E-state index in [-0.39, 0.29) is 14.9 Å². The van der Waals surface area contributed by atoms with Crippen LogP contribution in [0.3, 0.4) is 0 Å². The zero-order valence-electron chi connectivity index (χ0n) is 16.1. The van der Waals surface area contributed by atoms with Gasteiger partial charge < -0.3 is 0 Å². The molecule has 0 N–H and O–H groups in total. The second-order valence-corrected chi connectivity index (χ2v) is 10.9. The van der Waals surface area contributed by atoms with E-state index in [1.807, 2.05) is 0 Å². The van der Waals surface area contributed by atoms with Gasteiger partial charge in [0.15, 0.2) is 0 Å². The summed E-state index contributed by atoms with van der Waals surface area (Å²) in [6.45, 7) is 27.6. The van der Waals surface area contributed by atoms with Crippen LogP contribution in [-0.4, -0.2) is 0 Å². The molecule has 0 bridgehead atoms. The van der Waals surface area contributed by atoms with E-state index in [4.69, 9.17) is 0 Å². The van der Waals surface area contributed by atoms with Gasteiger partial charge in [0.2, 0.25) is 0 Å². The lowest BCUT2D eigenvalue weighted by molar-refractivity contribution is 0.233. The molecule has 0 fully saturated rings. The molecule has 0 saturated carbocycles. The fraction of sp³-hybridized carbons (Fsp3) is 1.00. The largest absolute Gasteiger partial charge is 0.0776 e. The standard InChI is InChI=1S/C10H22.C9H20.2CH4/c1-9(2,3)7-8-10(4,5)6;1-8(2,3)7-9(4,5)6;;/h7-8H2,1-6H3;7H2,1-6H3;2*1H4. The number of hydrogen-bond acceptors (Lipinski definition) is 0. The van der Waals surface area contributed by atoms with Crippen molar-refractivity contribution in [3.8, 4) is 0 Å². The zero-order chi connectivity index (χ0) is 16.1. The van der Waals surface area contributed by atoms with Gasteiger partial charge in [-0.1, -0.05) is 97.9 Å². The van der Waals surface area contributed by atoms with E-state index in [0.717, 1.165) is 0 Å². The fourth-order valence-electron chi connectivity index (χ4n) is 2.34. The van der Waals surface area contributed by atoms with Gasteiger partial charge in [-0.2, -0.15) is 0 Å². The molecule has 0 saturated heterocycles. The minimum Gasteiger partial charge on any atom is -0.0776 e. The molecule has 0 nitrogen and oxygen atoms in total. The summed E-state index contributed by atoms with van der Waals surface area (Å²) in [5.74, 6) is 0. The van der Waals surface area contributed by atoms with Crippen LogP contribution in [0.5, 0.6) is 0 Å². The van der Waals surface area contributed by atoms with Gasteiger partial charge in [-0.15, -0.1) is 0 Å². The summed E-state index contributed by atoms with van der Waals surface area (Å²) < 4.78 is 0. The molecule has 0 aliphatic rings. The maximum atomic E-state index is 2.30. The van der Waals surface area contributed by atoms with Gasteiger partial charge in [-0.25, -0.2) is 0 Å². The SMILES string of the molecule is C.C.CC(C)(C)CC(C)(C)C.CC(C)(C)CCC(C)(C)C. The first-order chi connectivity index (χ1) is 7.91. The van der Waals surface area contributed by atoms with Crippen LogP contribution in [0.1, 0.15) is 117 Å². The van der Waals surface area contributed by atoms with E-state index in [2.05, 4.69) is 83.1 Å². The summed E-state index contributed by atoms with van der Waals surface area (Å²) in [5.41, 5.74) is 1.98. The van der Waals surface area contributed by atoms with Crippen LogP contribution in [0.15, 0.2) is 0 Å². The average molecular weight is 303 g/mol. The van der Waals surface area contributed by atoms with Crippen LogP contribution in [0, 0.1) is 21.7 Å². The van der Waals surface area contributed by atoms with Gasteiger partial charge in [-0.05, 0) is 40.9 Å². The quantitative estimate of drug-likeness (QED) is 0.455. The summed E-state index contributed by atoms with van der Waals surface area (Å²) in [6, 6.07) is 0. The predicted octanol–water partition coefficient (Wildman–Crippen LogP) is 8.60. The Morgan fingerprint density at radius 2 is 0.571 bits per heavy atom. The van der Waals surface area contributed by atoms with E-state index in [1.54, 1.807) is 0 Å². The van der Waals surface area contributed by atoms with Crippen molar-refractivity contribution in [2.75, 3.05) is 0 Å². The fourth-order valence-corrected chi connectivity index (χ4v) is 2.34. The minimum atomic E-state index is 0. The minimum absolute atomic E-state index is 0. The molecule has 0 rings (SSSR count). The van der Waals surface area contributed by atoms with E-state index in [0.29, 0.717) is 21.7 Å². The summed E-state index contributed by atoms with van der Waals surface area (Å²) in [7, 11) is 0. The van der Waals surface area contributed by atoms with Crippen molar-refractivity contribution in [2.45, 2.75) is 117 Å². The van der Waals surface area contributed by atoms with Gasteiger partial charge in [0.25, 0.3) is 0 Å². The molecule has 0 heteroatoms. The van der Waals surface area contributed by atoms with Crippen LogP contribution < -0.4 is 0 Å². The molecule has 0 unspecified atom stereocenters. The van der Waals surface area contributed by atoms with Crippen molar-refractivity contribution in [3.05, 3.63) is 0 Å². The van der Waals surface area contributed by atoms with Crippen molar-refractivity contribution in [1.82, 2.24) is 0 Å². The van der Waals surface area contributed by atoms with Crippen molar-refractivity contribution >= 4 is 0 Å². The normalized spacial score (nSPS) is 12.6. The second-order valence-electron chi connectivity index (χ2n) is 10.9. The molecule has 0 aromatic rings. The molecule has 0 radical (unpaired) electrons. The molecular formula is C21H50. The topological polar surface area (TPSA) is 0 Å². The Morgan fingerprint density at radius 3 is 0.619 bits per heavy atom. The lowest BCUT2D eigenvalue weighted by atomic mass is 9.78. The zero-order valence-corrected chi connectivity index (χ0v) is 16.1. The van der Waals surface area contributed by atoms with Gasteiger partial charge in [0.05, 0.1) is 0 Å². The molecule has 0 amide bonds. The molecule has 0 aliphatic carbocycles. The first-order valence-corrected chi connectivity index (χ1v) is 7.91. The Labute approximate surface area is 139 Å². The summed E-state index contributed by atoms with van der Waals surface area (Å²) >= 11 is 0. The van der Waals surface area contributed by atoms with Crippen LogP contribution in [0.25, 0.3) is 0 Å². The smallest absolute Gasteiger partial charge is 0.0378 e. The Hall–Kier alpha value is 0. The Bertz CT molecular complexity index is 193. The van der Waals surface area contributed by atoms with Crippen LogP contribution in [-0.2, 0) is 0 Å². The third-order valence-electron chi connectivity index (χ3n) is 2.69. The molecule has 0 aromatic carbocycles. The third kappa shape index (κ3) is 38.3. The van der Waals surface area contributed by atoms with Gasteiger partial charge in [0.1, 0.15) is 0 Å². The van der Waals surface area contributed by atoms with E-state index in [1.165, 1.54) is 19.3 Å². The third-order valence-corrected chi connectivity index (χ3v) is 2.69. The molecule has 0 spiro atoms. The van der Waals surface area contributed by atoms with E-state index < -0.39 is 0 Å². The molecule has 0 aromatic heterocycles. The first kappa shape index (κ1) is 29.1. The van der Waals surface area contributed by atoms with Crippen LogP contribution in [0.2, 0.25) is 0 Å². The van der Waals surface area contributed by atoms with Crippen LogP contribution in [0.4, 0.5) is 0 Å². The average Bonchev–Trinajstić information content (AvgIpc) is 1.91.